The van der Waals surface area contributed by atoms with Crippen LogP contribution in [0.2, 0.25) is 5.02 Å². The summed E-state index contributed by atoms with van der Waals surface area (Å²) in [5.41, 5.74) is 2.22. The fourth-order valence-electron chi connectivity index (χ4n) is 1.79. The third-order valence-corrected chi connectivity index (χ3v) is 2.88. The Balaban J connectivity index is 2.58. The van der Waals surface area contributed by atoms with E-state index in [9.17, 15) is 0 Å². The predicted octanol–water partition coefficient (Wildman–Crippen LogP) is 3.44. The van der Waals surface area contributed by atoms with Crippen LogP contribution in [-0.2, 0) is 5.41 Å². The number of nitrogens with one attached hydrogen (secondary N) is 1. The van der Waals surface area contributed by atoms with Gasteiger partial charge in [0.25, 0.3) is 0 Å². The van der Waals surface area contributed by atoms with Crippen LogP contribution in [0.5, 0.6) is 5.75 Å². The molecule has 0 aliphatic carbocycles. The van der Waals surface area contributed by atoms with E-state index in [2.05, 4.69) is 26.1 Å². The van der Waals surface area contributed by atoms with Crippen LogP contribution < -0.4 is 10.1 Å². The van der Waals surface area contributed by atoms with Gasteiger partial charge in [-0.3, -0.25) is 0 Å². The van der Waals surface area contributed by atoms with Gasteiger partial charge in [0.15, 0.2) is 0 Å². The molecule has 0 spiro atoms. The van der Waals surface area contributed by atoms with Gasteiger partial charge in [-0.05, 0) is 11.5 Å². The molecule has 82 valence electrons. The number of fused-ring (bicyclic) bond motifs is 1. The summed E-state index contributed by atoms with van der Waals surface area (Å²) in [5, 5.41) is 4.02. The third-order valence-electron chi connectivity index (χ3n) is 2.57. The Morgan fingerprint density at radius 2 is 2.07 bits per heavy atom. The molecule has 0 fully saturated rings. The molecule has 1 heterocycles. The maximum atomic E-state index is 6.12. The maximum Gasteiger partial charge on any atom is 0.147 e. The van der Waals surface area contributed by atoms with E-state index >= 15 is 0 Å². The fourth-order valence-corrected chi connectivity index (χ4v) is 2.01. The van der Waals surface area contributed by atoms with Gasteiger partial charge < -0.3 is 10.1 Å². The molecule has 2 nitrogen and oxygen atoms in total. The van der Waals surface area contributed by atoms with E-state index < -0.39 is 0 Å². The van der Waals surface area contributed by atoms with Gasteiger partial charge in [0.1, 0.15) is 12.4 Å². The van der Waals surface area contributed by atoms with Gasteiger partial charge in [-0.25, -0.2) is 0 Å². The molecule has 1 N–H and O–H groups in total. The van der Waals surface area contributed by atoms with Crippen molar-refractivity contribution in [1.29, 1.82) is 0 Å². The summed E-state index contributed by atoms with van der Waals surface area (Å²) >= 11 is 6.12. The Kier molecular flexibility index (Phi) is 2.55. The molecule has 15 heavy (non-hydrogen) atoms. The molecule has 2 rings (SSSR count). The first-order chi connectivity index (χ1) is 7.00. The Morgan fingerprint density at radius 1 is 1.33 bits per heavy atom. The fraction of sp³-hybridized carbons (Fsp3) is 0.500. The summed E-state index contributed by atoms with van der Waals surface area (Å²) in [6.07, 6.45) is 0. The van der Waals surface area contributed by atoms with Crippen molar-refractivity contribution in [3.05, 3.63) is 22.7 Å². The van der Waals surface area contributed by atoms with Gasteiger partial charge >= 0.3 is 0 Å². The van der Waals surface area contributed by atoms with Gasteiger partial charge in [0.05, 0.1) is 10.7 Å². The Labute approximate surface area is 95.6 Å². The van der Waals surface area contributed by atoms with Crippen molar-refractivity contribution >= 4 is 17.3 Å². The van der Waals surface area contributed by atoms with E-state index in [-0.39, 0.29) is 5.41 Å². The SMILES string of the molecule is CC(C)(C)c1ccc(Cl)c2c1OCCN2. The zero-order chi connectivity index (χ0) is 11.1. The highest BCUT2D eigenvalue weighted by molar-refractivity contribution is 6.33. The molecule has 0 radical (unpaired) electrons. The van der Waals surface area contributed by atoms with Gasteiger partial charge in [0, 0.05) is 12.1 Å². The summed E-state index contributed by atoms with van der Waals surface area (Å²) in [5.74, 6) is 0.918. The van der Waals surface area contributed by atoms with Crippen LogP contribution in [-0.4, -0.2) is 13.2 Å². The van der Waals surface area contributed by atoms with Crippen molar-refractivity contribution < 1.29 is 4.74 Å². The highest BCUT2D eigenvalue weighted by Crippen LogP contribution is 2.42. The van der Waals surface area contributed by atoms with E-state index in [0.717, 1.165) is 23.0 Å². The topological polar surface area (TPSA) is 21.3 Å². The van der Waals surface area contributed by atoms with Crippen LogP contribution in [0.3, 0.4) is 0 Å². The highest BCUT2D eigenvalue weighted by Gasteiger charge is 2.24. The molecule has 0 saturated carbocycles. The molecule has 1 aromatic carbocycles. The Morgan fingerprint density at radius 3 is 2.73 bits per heavy atom. The minimum atomic E-state index is 0.0771. The molecule has 1 aliphatic heterocycles. The molecule has 3 heteroatoms. The van der Waals surface area contributed by atoms with Gasteiger partial charge in [-0.1, -0.05) is 38.4 Å². The molecular weight excluding hydrogens is 210 g/mol. The molecule has 0 atom stereocenters. The van der Waals surface area contributed by atoms with Crippen molar-refractivity contribution in [3.8, 4) is 5.75 Å². The average molecular weight is 226 g/mol. The van der Waals surface area contributed by atoms with Crippen LogP contribution in [0, 0.1) is 0 Å². The van der Waals surface area contributed by atoms with E-state index in [1.54, 1.807) is 0 Å². The van der Waals surface area contributed by atoms with Gasteiger partial charge in [-0.15, -0.1) is 0 Å². The summed E-state index contributed by atoms with van der Waals surface area (Å²) < 4.78 is 5.71. The minimum absolute atomic E-state index is 0.0771. The quantitative estimate of drug-likeness (QED) is 0.731. The molecule has 1 aliphatic rings. The molecular formula is C12H16ClNO. The first kappa shape index (κ1) is 10.6. The lowest BCUT2D eigenvalue weighted by atomic mass is 9.86. The number of ether oxygens (including phenoxy) is 1. The zero-order valence-corrected chi connectivity index (χ0v) is 10.1. The van der Waals surface area contributed by atoms with E-state index in [4.69, 9.17) is 16.3 Å². The smallest absolute Gasteiger partial charge is 0.147 e. The lowest BCUT2D eigenvalue weighted by molar-refractivity contribution is 0.314. The highest BCUT2D eigenvalue weighted by atomic mass is 35.5. The second kappa shape index (κ2) is 3.60. The first-order valence-corrected chi connectivity index (χ1v) is 5.57. The Hall–Kier alpha value is -0.890. The summed E-state index contributed by atoms with van der Waals surface area (Å²) in [4.78, 5) is 0. The van der Waals surface area contributed by atoms with Crippen molar-refractivity contribution in [2.24, 2.45) is 0 Å². The van der Waals surface area contributed by atoms with E-state index in [0.29, 0.717) is 6.61 Å². The van der Waals surface area contributed by atoms with Crippen molar-refractivity contribution in [2.75, 3.05) is 18.5 Å². The van der Waals surface area contributed by atoms with Crippen LogP contribution >= 0.6 is 11.6 Å². The Bertz CT molecular complexity index is 382. The number of rotatable bonds is 0. The molecule has 1 aromatic rings. The normalized spacial score (nSPS) is 15.2. The predicted molar refractivity (Wildman–Crippen MR) is 64.1 cm³/mol. The second-order valence-corrected chi connectivity index (χ2v) is 5.23. The second-order valence-electron chi connectivity index (χ2n) is 4.82. The minimum Gasteiger partial charge on any atom is -0.489 e. The van der Waals surface area contributed by atoms with Gasteiger partial charge in [-0.2, -0.15) is 0 Å². The summed E-state index contributed by atoms with van der Waals surface area (Å²) in [7, 11) is 0. The summed E-state index contributed by atoms with van der Waals surface area (Å²) in [6.45, 7) is 8.05. The first-order valence-electron chi connectivity index (χ1n) is 5.20. The van der Waals surface area contributed by atoms with Gasteiger partial charge in [0.2, 0.25) is 0 Å². The standard InChI is InChI=1S/C12H16ClNO/c1-12(2,3)8-4-5-9(13)10-11(8)15-7-6-14-10/h4-5,14H,6-7H2,1-3H3. The lowest BCUT2D eigenvalue weighted by Gasteiger charge is -2.28. The molecule has 0 unspecified atom stereocenters. The lowest BCUT2D eigenvalue weighted by Crippen LogP contribution is -2.22. The van der Waals surface area contributed by atoms with Crippen LogP contribution in [0.4, 0.5) is 5.69 Å². The number of anilines is 1. The summed E-state index contributed by atoms with van der Waals surface area (Å²) in [6, 6.07) is 3.98. The third kappa shape index (κ3) is 1.91. The van der Waals surface area contributed by atoms with Crippen LogP contribution in [0.1, 0.15) is 26.3 Å². The zero-order valence-electron chi connectivity index (χ0n) is 9.36. The van der Waals surface area contributed by atoms with E-state index in [1.165, 1.54) is 5.56 Å². The monoisotopic (exact) mass is 225 g/mol. The molecule has 0 saturated heterocycles. The van der Waals surface area contributed by atoms with Crippen LogP contribution in [0.25, 0.3) is 0 Å². The van der Waals surface area contributed by atoms with Crippen molar-refractivity contribution in [3.63, 3.8) is 0 Å². The average Bonchev–Trinajstić information content (AvgIpc) is 2.17. The molecule has 0 aromatic heterocycles. The largest absolute Gasteiger partial charge is 0.489 e. The van der Waals surface area contributed by atoms with Crippen molar-refractivity contribution in [2.45, 2.75) is 26.2 Å². The number of benzene rings is 1. The number of halogens is 1. The number of hydrogen-bond donors (Lipinski definition) is 1. The van der Waals surface area contributed by atoms with Crippen LogP contribution in [0.15, 0.2) is 12.1 Å². The van der Waals surface area contributed by atoms with Crippen molar-refractivity contribution in [1.82, 2.24) is 0 Å². The molecule has 0 amide bonds. The number of hydrogen-bond acceptors (Lipinski definition) is 2. The van der Waals surface area contributed by atoms with E-state index in [1.807, 2.05) is 12.1 Å². The molecule has 0 bridgehead atoms. The maximum absolute atomic E-state index is 6.12.